The average molecular weight is 633 g/mol. The summed E-state index contributed by atoms with van der Waals surface area (Å²) < 4.78 is 20.3. The number of anilines is 2. The molecule has 1 unspecified atom stereocenters. The van der Waals surface area contributed by atoms with E-state index in [0.29, 0.717) is 36.6 Å². The summed E-state index contributed by atoms with van der Waals surface area (Å²) in [6, 6.07) is 13.7. The second kappa shape index (κ2) is 11.4. The van der Waals surface area contributed by atoms with Crippen LogP contribution in [0.2, 0.25) is 0 Å². The molecule has 0 spiro atoms. The highest BCUT2D eigenvalue weighted by atomic mass is 79.9. The zero-order valence-corrected chi connectivity index (χ0v) is 23.3. The van der Waals surface area contributed by atoms with Crippen molar-refractivity contribution in [3.8, 4) is 11.5 Å². The van der Waals surface area contributed by atoms with E-state index in [2.05, 4.69) is 42.5 Å². The number of amides is 3. The van der Waals surface area contributed by atoms with E-state index in [4.69, 9.17) is 4.74 Å². The first-order valence-corrected chi connectivity index (χ1v) is 13.1. The summed E-state index contributed by atoms with van der Waals surface area (Å²) in [5, 5.41) is 5.11. The Balaban J connectivity index is 1.36. The fraction of sp³-hybridized carbons (Fsp3) is 0.222. The zero-order valence-electron chi connectivity index (χ0n) is 20.1. The maximum Gasteiger partial charge on any atom is 0.313 e. The van der Waals surface area contributed by atoms with Crippen molar-refractivity contribution < 1.29 is 23.5 Å². The van der Waals surface area contributed by atoms with Crippen molar-refractivity contribution >= 4 is 61.0 Å². The second-order valence-corrected chi connectivity index (χ2v) is 10.5. The predicted octanol–water partition coefficient (Wildman–Crippen LogP) is 6.01. The third-order valence-electron chi connectivity index (χ3n) is 5.91. The molecule has 0 radical (unpaired) electrons. The van der Waals surface area contributed by atoms with Crippen molar-refractivity contribution in [2.75, 3.05) is 16.8 Å². The Morgan fingerprint density at radius 2 is 1.62 bits per heavy atom. The Morgan fingerprint density at radius 3 is 2.27 bits per heavy atom. The number of halogens is 3. The SMILES string of the molecule is Cc1cc(Br)cc(C)c1N1CCCC(NC(=O)C(=O)Nc2ccc(Oc3ccc(F)c(Br)c3)cc2)C1=O. The molecule has 0 aromatic heterocycles. The van der Waals surface area contributed by atoms with Gasteiger partial charge in [-0.3, -0.25) is 14.4 Å². The summed E-state index contributed by atoms with van der Waals surface area (Å²) in [4.78, 5) is 40.0. The lowest BCUT2D eigenvalue weighted by Crippen LogP contribution is -2.54. The third kappa shape index (κ3) is 6.37. The van der Waals surface area contributed by atoms with Crippen LogP contribution in [-0.4, -0.2) is 30.3 Å². The van der Waals surface area contributed by atoms with Gasteiger partial charge in [-0.25, -0.2) is 4.39 Å². The smallest absolute Gasteiger partial charge is 0.313 e. The molecule has 3 aromatic rings. The minimum Gasteiger partial charge on any atom is -0.457 e. The number of carbonyl (C=O) groups excluding carboxylic acids is 3. The van der Waals surface area contributed by atoms with Crippen molar-refractivity contribution in [2.45, 2.75) is 32.7 Å². The molecular formula is C27H24Br2FN3O4. The van der Waals surface area contributed by atoms with E-state index in [1.807, 2.05) is 26.0 Å². The normalized spacial score (nSPS) is 15.3. The molecule has 1 aliphatic heterocycles. The number of benzene rings is 3. The monoisotopic (exact) mass is 631 g/mol. The molecule has 1 atom stereocenters. The maximum atomic E-state index is 13.4. The lowest BCUT2D eigenvalue weighted by Gasteiger charge is -2.34. The van der Waals surface area contributed by atoms with Crippen LogP contribution in [0.15, 0.2) is 63.5 Å². The average Bonchev–Trinajstić information content (AvgIpc) is 2.84. The molecule has 7 nitrogen and oxygen atoms in total. The highest BCUT2D eigenvalue weighted by Gasteiger charge is 2.33. The van der Waals surface area contributed by atoms with Crippen molar-refractivity contribution in [3.05, 3.63) is 80.5 Å². The quantitative estimate of drug-likeness (QED) is 0.337. The van der Waals surface area contributed by atoms with Crippen LogP contribution < -0.4 is 20.3 Å². The van der Waals surface area contributed by atoms with Crippen molar-refractivity contribution in [1.29, 1.82) is 0 Å². The number of carbonyl (C=O) groups is 3. The fourth-order valence-electron chi connectivity index (χ4n) is 4.25. The maximum absolute atomic E-state index is 13.4. The van der Waals surface area contributed by atoms with Gasteiger partial charge in [0.05, 0.1) is 4.47 Å². The number of ether oxygens (including phenoxy) is 1. The molecule has 1 aliphatic rings. The molecule has 0 bridgehead atoms. The minimum absolute atomic E-state index is 0.241. The van der Waals surface area contributed by atoms with E-state index in [1.165, 1.54) is 18.2 Å². The van der Waals surface area contributed by atoms with Crippen LogP contribution in [0.25, 0.3) is 0 Å². The lowest BCUT2D eigenvalue weighted by molar-refractivity contribution is -0.138. The van der Waals surface area contributed by atoms with Crippen LogP contribution in [0, 0.1) is 19.7 Å². The van der Waals surface area contributed by atoms with Crippen molar-refractivity contribution in [1.82, 2.24) is 5.32 Å². The van der Waals surface area contributed by atoms with Gasteiger partial charge in [0.15, 0.2) is 0 Å². The summed E-state index contributed by atoms with van der Waals surface area (Å²) in [5.74, 6) is -1.51. The number of hydrogen-bond donors (Lipinski definition) is 2. The molecule has 4 rings (SSSR count). The molecular weight excluding hydrogens is 609 g/mol. The summed E-state index contributed by atoms with van der Waals surface area (Å²) >= 11 is 6.58. The fourth-order valence-corrected chi connectivity index (χ4v) is 5.30. The number of nitrogens with zero attached hydrogens (tertiary/aromatic N) is 1. The molecule has 1 fully saturated rings. The van der Waals surface area contributed by atoms with E-state index in [1.54, 1.807) is 29.2 Å². The predicted molar refractivity (Wildman–Crippen MR) is 146 cm³/mol. The Labute approximate surface area is 230 Å². The molecule has 0 saturated carbocycles. The van der Waals surface area contributed by atoms with E-state index in [-0.39, 0.29) is 10.4 Å². The lowest BCUT2D eigenvalue weighted by atomic mass is 10.0. The molecule has 192 valence electrons. The third-order valence-corrected chi connectivity index (χ3v) is 6.98. The molecule has 1 heterocycles. The highest BCUT2D eigenvalue weighted by molar-refractivity contribution is 9.10. The van der Waals surface area contributed by atoms with E-state index < -0.39 is 23.7 Å². The largest absolute Gasteiger partial charge is 0.457 e. The van der Waals surface area contributed by atoms with Crippen LogP contribution in [0.5, 0.6) is 11.5 Å². The molecule has 1 saturated heterocycles. The summed E-state index contributed by atoms with van der Waals surface area (Å²) in [5.41, 5.74) is 3.10. The van der Waals surface area contributed by atoms with Gasteiger partial charge in [-0.15, -0.1) is 0 Å². The Kier molecular flexibility index (Phi) is 8.29. The van der Waals surface area contributed by atoms with Gasteiger partial charge in [0.2, 0.25) is 5.91 Å². The van der Waals surface area contributed by atoms with Gasteiger partial charge in [0.1, 0.15) is 23.4 Å². The van der Waals surface area contributed by atoms with Gasteiger partial charge in [0, 0.05) is 22.4 Å². The van der Waals surface area contributed by atoms with Crippen LogP contribution in [0.1, 0.15) is 24.0 Å². The van der Waals surface area contributed by atoms with Crippen molar-refractivity contribution in [2.24, 2.45) is 0 Å². The van der Waals surface area contributed by atoms with Gasteiger partial charge in [-0.2, -0.15) is 0 Å². The molecule has 0 aliphatic carbocycles. The van der Waals surface area contributed by atoms with Crippen LogP contribution >= 0.6 is 31.9 Å². The molecule has 3 amide bonds. The first-order valence-electron chi connectivity index (χ1n) is 11.6. The van der Waals surface area contributed by atoms with Gasteiger partial charge in [-0.05, 0) is 108 Å². The van der Waals surface area contributed by atoms with Gasteiger partial charge in [0.25, 0.3) is 0 Å². The summed E-state index contributed by atoms with van der Waals surface area (Å²) in [6.45, 7) is 4.42. The minimum atomic E-state index is -0.888. The summed E-state index contributed by atoms with van der Waals surface area (Å²) in [6.07, 6.45) is 1.15. The zero-order chi connectivity index (χ0) is 26.7. The standard InChI is InChI=1S/C27H24Br2FN3O4/c1-15-12-17(28)13-16(2)24(15)33-11-3-4-23(27(33)36)32-26(35)25(34)31-18-5-7-19(8-6-18)37-20-9-10-22(30)21(29)14-20/h5-10,12-14,23H,3-4,11H2,1-2H3,(H,31,34)(H,32,35). The highest BCUT2D eigenvalue weighted by Crippen LogP contribution is 2.31. The molecule has 37 heavy (non-hydrogen) atoms. The van der Waals surface area contributed by atoms with Crippen LogP contribution in [0.3, 0.4) is 0 Å². The topological polar surface area (TPSA) is 87.7 Å². The molecule has 10 heteroatoms. The van der Waals surface area contributed by atoms with Gasteiger partial charge in [-0.1, -0.05) is 15.9 Å². The number of aryl methyl sites for hydroxylation is 2. The Bertz CT molecular complexity index is 1340. The van der Waals surface area contributed by atoms with Gasteiger partial charge < -0.3 is 20.3 Å². The number of piperidine rings is 1. The first kappa shape index (κ1) is 26.8. The second-order valence-electron chi connectivity index (χ2n) is 8.70. The number of hydrogen-bond acceptors (Lipinski definition) is 4. The van der Waals surface area contributed by atoms with Crippen LogP contribution in [-0.2, 0) is 14.4 Å². The molecule has 3 aromatic carbocycles. The molecule has 2 N–H and O–H groups in total. The Morgan fingerprint density at radius 1 is 0.973 bits per heavy atom. The summed E-state index contributed by atoms with van der Waals surface area (Å²) in [7, 11) is 0. The van der Waals surface area contributed by atoms with Crippen LogP contribution in [0.4, 0.5) is 15.8 Å². The Hall–Kier alpha value is -3.24. The van der Waals surface area contributed by atoms with Crippen molar-refractivity contribution in [3.63, 3.8) is 0 Å². The van der Waals surface area contributed by atoms with E-state index in [0.717, 1.165) is 21.3 Å². The van der Waals surface area contributed by atoms with E-state index >= 15 is 0 Å². The number of nitrogens with one attached hydrogen (secondary N) is 2. The number of rotatable bonds is 5. The van der Waals surface area contributed by atoms with Gasteiger partial charge >= 0.3 is 11.8 Å². The first-order chi connectivity index (χ1) is 17.6. The van der Waals surface area contributed by atoms with E-state index in [9.17, 15) is 18.8 Å².